The Morgan fingerprint density at radius 3 is 2.38 bits per heavy atom. The van der Waals surface area contributed by atoms with Crippen molar-refractivity contribution >= 4 is 11.8 Å². The maximum atomic E-state index is 12.7. The van der Waals surface area contributed by atoms with Crippen molar-refractivity contribution < 1.29 is 27.2 Å². The first-order valence-electron chi connectivity index (χ1n) is 8.44. The van der Waals surface area contributed by atoms with E-state index in [2.05, 4.69) is 20.9 Å². The summed E-state index contributed by atoms with van der Waals surface area (Å²) in [7, 11) is 0. The summed E-state index contributed by atoms with van der Waals surface area (Å²) < 4.78 is 44.4. The zero-order valence-electron chi connectivity index (χ0n) is 15.3. The van der Waals surface area contributed by atoms with Gasteiger partial charge in [0.05, 0.1) is 29.3 Å². The van der Waals surface area contributed by atoms with Gasteiger partial charge in [0, 0.05) is 6.20 Å². The van der Waals surface area contributed by atoms with Crippen LogP contribution >= 0.6 is 0 Å². The third-order valence-corrected chi connectivity index (χ3v) is 3.92. The van der Waals surface area contributed by atoms with Gasteiger partial charge in [0.1, 0.15) is 0 Å². The highest BCUT2D eigenvalue weighted by Crippen LogP contribution is 2.29. The SMILES string of the molecule is CC(C)c1c(C(=O)NNC(=O)c2ccco2)cnn1-c1ccc(C(F)(F)F)cn1. The van der Waals surface area contributed by atoms with Crippen LogP contribution in [0.25, 0.3) is 5.82 Å². The van der Waals surface area contributed by atoms with Crippen LogP contribution in [0.4, 0.5) is 13.2 Å². The first kappa shape index (κ1) is 20.1. The second kappa shape index (κ2) is 7.78. The zero-order chi connectivity index (χ0) is 21.2. The summed E-state index contributed by atoms with van der Waals surface area (Å²) in [5.41, 5.74) is 4.14. The van der Waals surface area contributed by atoms with E-state index in [1.54, 1.807) is 13.8 Å². The Balaban J connectivity index is 1.83. The summed E-state index contributed by atoms with van der Waals surface area (Å²) in [5.74, 6) is -1.37. The number of alkyl halides is 3. The second-order valence-corrected chi connectivity index (χ2v) is 6.30. The second-order valence-electron chi connectivity index (χ2n) is 6.30. The molecule has 29 heavy (non-hydrogen) atoms. The quantitative estimate of drug-likeness (QED) is 0.647. The van der Waals surface area contributed by atoms with Crippen molar-refractivity contribution in [3.8, 4) is 5.82 Å². The van der Waals surface area contributed by atoms with Crippen molar-refractivity contribution in [1.82, 2.24) is 25.6 Å². The number of carbonyl (C=O) groups excluding carboxylic acids is 2. The van der Waals surface area contributed by atoms with E-state index < -0.39 is 23.6 Å². The highest BCUT2D eigenvalue weighted by Gasteiger charge is 2.31. The summed E-state index contributed by atoms with van der Waals surface area (Å²) in [6.07, 6.45) is -1.24. The van der Waals surface area contributed by atoms with Crippen molar-refractivity contribution in [2.75, 3.05) is 0 Å². The standard InChI is InChI=1S/C18H16F3N5O3/c1-10(2)15-12(16(27)24-25-17(28)13-4-3-7-29-13)9-23-26(15)14-6-5-11(8-22-14)18(19,20)21/h3-10H,1-2H3,(H,24,27)(H,25,28). The summed E-state index contributed by atoms with van der Waals surface area (Å²) >= 11 is 0. The van der Waals surface area contributed by atoms with Gasteiger partial charge in [-0.05, 0) is 30.2 Å². The van der Waals surface area contributed by atoms with Gasteiger partial charge in [-0.2, -0.15) is 18.3 Å². The van der Waals surface area contributed by atoms with Crippen LogP contribution in [-0.2, 0) is 6.18 Å². The molecule has 0 aliphatic carbocycles. The van der Waals surface area contributed by atoms with E-state index in [0.29, 0.717) is 11.9 Å². The third kappa shape index (κ3) is 4.28. The minimum absolute atomic E-state index is 0.0130. The van der Waals surface area contributed by atoms with Crippen LogP contribution in [0.15, 0.2) is 47.3 Å². The number of furan rings is 1. The Hall–Kier alpha value is -3.63. The van der Waals surface area contributed by atoms with Crippen LogP contribution in [0.2, 0.25) is 0 Å². The molecule has 3 rings (SSSR count). The molecule has 0 aliphatic heterocycles. The van der Waals surface area contributed by atoms with E-state index in [1.165, 1.54) is 35.3 Å². The molecule has 3 heterocycles. The summed E-state index contributed by atoms with van der Waals surface area (Å²) in [4.78, 5) is 28.2. The molecule has 0 bridgehead atoms. The van der Waals surface area contributed by atoms with Crippen LogP contribution < -0.4 is 10.9 Å². The van der Waals surface area contributed by atoms with E-state index in [0.717, 1.165) is 6.07 Å². The lowest BCUT2D eigenvalue weighted by molar-refractivity contribution is -0.137. The number of nitrogens with one attached hydrogen (secondary N) is 2. The largest absolute Gasteiger partial charge is 0.459 e. The van der Waals surface area contributed by atoms with Crippen molar-refractivity contribution in [1.29, 1.82) is 0 Å². The Kier molecular flexibility index (Phi) is 5.39. The van der Waals surface area contributed by atoms with Gasteiger partial charge >= 0.3 is 12.1 Å². The number of aromatic nitrogens is 3. The molecular weight excluding hydrogens is 391 g/mol. The minimum Gasteiger partial charge on any atom is -0.459 e. The fourth-order valence-electron chi connectivity index (χ4n) is 2.60. The van der Waals surface area contributed by atoms with Gasteiger partial charge in [0.25, 0.3) is 5.91 Å². The summed E-state index contributed by atoms with van der Waals surface area (Å²) in [6, 6.07) is 5.00. The molecule has 0 fully saturated rings. The lowest BCUT2D eigenvalue weighted by atomic mass is 10.1. The molecule has 0 spiro atoms. The summed E-state index contributed by atoms with van der Waals surface area (Å²) in [5, 5.41) is 4.08. The molecule has 0 aromatic carbocycles. The molecule has 3 aromatic rings. The van der Waals surface area contributed by atoms with Crippen LogP contribution in [0, 0.1) is 0 Å². The molecular formula is C18H16F3N5O3. The highest BCUT2D eigenvalue weighted by molar-refractivity contribution is 5.98. The van der Waals surface area contributed by atoms with Crippen LogP contribution in [-0.4, -0.2) is 26.6 Å². The molecule has 0 atom stereocenters. The number of rotatable bonds is 4. The van der Waals surface area contributed by atoms with Gasteiger partial charge in [-0.15, -0.1) is 0 Å². The Bertz CT molecular complexity index is 1010. The first-order valence-corrected chi connectivity index (χ1v) is 8.44. The predicted octanol–water partition coefficient (Wildman–Crippen LogP) is 3.08. The smallest absolute Gasteiger partial charge is 0.417 e. The van der Waals surface area contributed by atoms with Gasteiger partial charge < -0.3 is 4.42 Å². The molecule has 11 heteroatoms. The van der Waals surface area contributed by atoms with E-state index in [-0.39, 0.29) is 23.1 Å². The Labute approximate surface area is 162 Å². The number of pyridine rings is 1. The van der Waals surface area contributed by atoms with Crippen molar-refractivity contribution in [3.63, 3.8) is 0 Å². The summed E-state index contributed by atoms with van der Waals surface area (Å²) in [6.45, 7) is 3.58. The first-order chi connectivity index (χ1) is 13.7. The lowest BCUT2D eigenvalue weighted by Crippen LogP contribution is -2.41. The number of carbonyl (C=O) groups is 2. The van der Waals surface area contributed by atoms with Gasteiger partial charge in [0.15, 0.2) is 11.6 Å². The van der Waals surface area contributed by atoms with E-state index >= 15 is 0 Å². The number of hydrogen-bond acceptors (Lipinski definition) is 5. The van der Waals surface area contributed by atoms with E-state index in [9.17, 15) is 22.8 Å². The topological polar surface area (TPSA) is 102 Å². The molecule has 0 unspecified atom stereocenters. The minimum atomic E-state index is -4.51. The fraction of sp³-hybridized carbons (Fsp3) is 0.222. The lowest BCUT2D eigenvalue weighted by Gasteiger charge is -2.13. The van der Waals surface area contributed by atoms with Gasteiger partial charge in [0.2, 0.25) is 0 Å². The molecule has 0 radical (unpaired) electrons. The van der Waals surface area contributed by atoms with Crippen molar-refractivity contribution in [3.05, 3.63) is 65.5 Å². The molecule has 3 aromatic heterocycles. The average Bonchev–Trinajstić information content (AvgIpc) is 3.35. The Morgan fingerprint density at radius 2 is 1.83 bits per heavy atom. The number of hydrogen-bond donors (Lipinski definition) is 2. The van der Waals surface area contributed by atoms with Crippen molar-refractivity contribution in [2.45, 2.75) is 25.9 Å². The number of nitrogens with zero attached hydrogens (tertiary/aromatic N) is 3. The molecule has 152 valence electrons. The molecule has 2 N–H and O–H groups in total. The molecule has 2 amide bonds. The highest BCUT2D eigenvalue weighted by atomic mass is 19.4. The number of amides is 2. The molecule has 8 nitrogen and oxygen atoms in total. The fourth-order valence-corrected chi connectivity index (χ4v) is 2.60. The molecule has 0 saturated heterocycles. The third-order valence-electron chi connectivity index (χ3n) is 3.92. The zero-order valence-corrected chi connectivity index (χ0v) is 15.3. The molecule has 0 saturated carbocycles. The average molecular weight is 407 g/mol. The maximum Gasteiger partial charge on any atom is 0.417 e. The van der Waals surface area contributed by atoms with Crippen LogP contribution in [0.5, 0.6) is 0 Å². The molecule has 0 aliphatic rings. The number of hydrazine groups is 1. The van der Waals surface area contributed by atoms with Gasteiger partial charge in [-0.1, -0.05) is 13.8 Å². The van der Waals surface area contributed by atoms with Gasteiger partial charge in [-0.3, -0.25) is 20.4 Å². The van der Waals surface area contributed by atoms with Gasteiger partial charge in [-0.25, -0.2) is 9.67 Å². The van der Waals surface area contributed by atoms with Crippen LogP contribution in [0.1, 0.15) is 51.9 Å². The monoisotopic (exact) mass is 407 g/mol. The normalized spacial score (nSPS) is 11.5. The Morgan fingerprint density at radius 1 is 1.10 bits per heavy atom. The predicted molar refractivity (Wildman–Crippen MR) is 94.1 cm³/mol. The van der Waals surface area contributed by atoms with E-state index in [1.807, 2.05) is 0 Å². The van der Waals surface area contributed by atoms with Crippen LogP contribution in [0.3, 0.4) is 0 Å². The maximum absolute atomic E-state index is 12.7. The van der Waals surface area contributed by atoms with Crippen molar-refractivity contribution in [2.24, 2.45) is 0 Å². The van der Waals surface area contributed by atoms with E-state index in [4.69, 9.17) is 4.42 Å². The number of halogens is 3.